The third-order valence-corrected chi connectivity index (χ3v) is 1.33. The highest BCUT2D eigenvalue weighted by atomic mass is 17.1. The number of rotatable bonds is 5. The summed E-state index contributed by atoms with van der Waals surface area (Å²) < 4.78 is 0. The molecule has 0 radical (unpaired) electrons. The average Bonchev–Trinajstić information content (AvgIpc) is 1.89. The van der Waals surface area contributed by atoms with Gasteiger partial charge in [0, 0.05) is 6.04 Å². The number of hydrogen-bond donors (Lipinski definition) is 2. The molecule has 56 valence electrons. The van der Waals surface area contributed by atoms with E-state index in [-0.39, 0.29) is 6.04 Å². The Morgan fingerprint density at radius 3 is 2.78 bits per heavy atom. The van der Waals surface area contributed by atoms with E-state index in [0.717, 1.165) is 19.3 Å². The molecule has 1 atom stereocenters. The predicted molar refractivity (Wildman–Crippen MR) is 36.1 cm³/mol. The van der Waals surface area contributed by atoms with Crippen LogP contribution in [0.5, 0.6) is 0 Å². The van der Waals surface area contributed by atoms with E-state index in [4.69, 9.17) is 11.0 Å². The second-order valence-electron chi connectivity index (χ2n) is 2.14. The second kappa shape index (κ2) is 6.01. The molecule has 9 heavy (non-hydrogen) atoms. The maximum atomic E-state index is 7.91. The van der Waals surface area contributed by atoms with Crippen molar-refractivity contribution in [3.05, 3.63) is 0 Å². The van der Waals surface area contributed by atoms with Crippen LogP contribution in [0.25, 0.3) is 0 Å². The van der Waals surface area contributed by atoms with Gasteiger partial charge in [-0.1, -0.05) is 6.92 Å². The van der Waals surface area contributed by atoms with Crippen molar-refractivity contribution >= 4 is 0 Å². The predicted octanol–water partition coefficient (Wildman–Crippen LogP) is 0.994. The molecule has 0 amide bonds. The molecule has 0 aliphatic carbocycles. The molecule has 0 bridgehead atoms. The molecule has 0 aliphatic heterocycles. The van der Waals surface area contributed by atoms with Gasteiger partial charge >= 0.3 is 0 Å². The van der Waals surface area contributed by atoms with Gasteiger partial charge in [-0.3, -0.25) is 5.26 Å². The Labute approximate surface area is 55.7 Å². The van der Waals surface area contributed by atoms with Gasteiger partial charge in [-0.25, -0.2) is 4.89 Å². The van der Waals surface area contributed by atoms with Crippen molar-refractivity contribution in [3.63, 3.8) is 0 Å². The summed E-state index contributed by atoms with van der Waals surface area (Å²) in [6.45, 7) is 2.44. The summed E-state index contributed by atoms with van der Waals surface area (Å²) in [5.74, 6) is 0. The van der Waals surface area contributed by atoms with E-state index >= 15 is 0 Å². The number of hydrogen-bond acceptors (Lipinski definition) is 3. The van der Waals surface area contributed by atoms with Crippen LogP contribution in [-0.2, 0) is 4.89 Å². The Morgan fingerprint density at radius 1 is 1.67 bits per heavy atom. The second-order valence-corrected chi connectivity index (χ2v) is 2.14. The molecule has 0 rings (SSSR count). The molecule has 3 heteroatoms. The highest BCUT2D eigenvalue weighted by Gasteiger charge is 1.96. The van der Waals surface area contributed by atoms with E-state index < -0.39 is 0 Å². The van der Waals surface area contributed by atoms with Crippen molar-refractivity contribution in [2.24, 2.45) is 5.73 Å². The first kappa shape index (κ1) is 8.88. The third kappa shape index (κ3) is 5.76. The van der Waals surface area contributed by atoms with Crippen molar-refractivity contribution in [1.82, 2.24) is 0 Å². The first-order valence-electron chi connectivity index (χ1n) is 3.33. The Morgan fingerprint density at radius 2 is 2.33 bits per heavy atom. The van der Waals surface area contributed by atoms with E-state index in [1.54, 1.807) is 0 Å². The van der Waals surface area contributed by atoms with Crippen LogP contribution in [0.3, 0.4) is 0 Å². The lowest BCUT2D eigenvalue weighted by atomic mass is 10.1. The van der Waals surface area contributed by atoms with E-state index in [1.807, 2.05) is 6.92 Å². The first-order valence-corrected chi connectivity index (χ1v) is 3.33. The zero-order chi connectivity index (χ0) is 7.11. The molecule has 0 heterocycles. The quantitative estimate of drug-likeness (QED) is 0.334. The van der Waals surface area contributed by atoms with Crippen LogP contribution < -0.4 is 5.73 Å². The summed E-state index contributed by atoms with van der Waals surface area (Å²) in [4.78, 5) is 3.88. The molecule has 3 nitrogen and oxygen atoms in total. The van der Waals surface area contributed by atoms with Gasteiger partial charge in [0.25, 0.3) is 0 Å². The minimum Gasteiger partial charge on any atom is -0.328 e. The minimum absolute atomic E-state index is 0.264. The topological polar surface area (TPSA) is 55.5 Å². The summed E-state index contributed by atoms with van der Waals surface area (Å²) in [5, 5.41) is 7.91. The molecule has 0 saturated carbocycles. The van der Waals surface area contributed by atoms with Crippen LogP contribution in [0.2, 0.25) is 0 Å². The van der Waals surface area contributed by atoms with Crippen molar-refractivity contribution < 1.29 is 10.1 Å². The molecule has 0 saturated heterocycles. The molecular weight excluding hydrogens is 118 g/mol. The number of nitrogens with two attached hydrogens (primary N) is 1. The zero-order valence-electron chi connectivity index (χ0n) is 5.84. The average molecular weight is 133 g/mol. The monoisotopic (exact) mass is 133 g/mol. The van der Waals surface area contributed by atoms with Gasteiger partial charge in [0.2, 0.25) is 0 Å². The van der Waals surface area contributed by atoms with Gasteiger partial charge in [-0.2, -0.15) is 0 Å². The third-order valence-electron chi connectivity index (χ3n) is 1.33. The maximum absolute atomic E-state index is 7.91. The maximum Gasteiger partial charge on any atom is 0.0820 e. The molecule has 0 aromatic heterocycles. The van der Waals surface area contributed by atoms with Crippen LogP contribution in [0.15, 0.2) is 0 Å². The Bertz CT molecular complexity index is 59.0. The van der Waals surface area contributed by atoms with Crippen LogP contribution in [-0.4, -0.2) is 17.9 Å². The Hall–Kier alpha value is -0.120. The summed E-state index contributed by atoms with van der Waals surface area (Å²) in [6, 6.07) is 0.264. The van der Waals surface area contributed by atoms with Gasteiger partial charge in [0.1, 0.15) is 0 Å². The summed E-state index contributed by atoms with van der Waals surface area (Å²) in [5.41, 5.74) is 5.58. The molecule has 3 N–H and O–H groups in total. The van der Waals surface area contributed by atoms with Gasteiger partial charge in [0.15, 0.2) is 0 Å². The Balaban J connectivity index is 2.88. The lowest BCUT2D eigenvalue weighted by Crippen LogP contribution is -2.18. The molecule has 0 aromatic rings. The molecule has 1 unspecified atom stereocenters. The van der Waals surface area contributed by atoms with Crippen molar-refractivity contribution in [3.8, 4) is 0 Å². The van der Waals surface area contributed by atoms with Crippen LogP contribution in [0.4, 0.5) is 0 Å². The van der Waals surface area contributed by atoms with Gasteiger partial charge in [0.05, 0.1) is 6.61 Å². The highest BCUT2D eigenvalue weighted by Crippen LogP contribution is 1.97. The fourth-order valence-electron chi connectivity index (χ4n) is 0.614. The van der Waals surface area contributed by atoms with Crippen LogP contribution in [0.1, 0.15) is 26.2 Å². The SMILES string of the molecule is CCC(N)CCCOO. The highest BCUT2D eigenvalue weighted by molar-refractivity contribution is 4.56. The molecular formula is C6H15NO2. The molecule has 0 aliphatic rings. The van der Waals surface area contributed by atoms with Gasteiger partial charge in [-0.05, 0) is 19.3 Å². The van der Waals surface area contributed by atoms with E-state index in [2.05, 4.69) is 4.89 Å². The lowest BCUT2D eigenvalue weighted by Gasteiger charge is -2.05. The summed E-state index contributed by atoms with van der Waals surface area (Å²) in [7, 11) is 0. The van der Waals surface area contributed by atoms with Crippen molar-refractivity contribution in [1.29, 1.82) is 0 Å². The fourth-order valence-corrected chi connectivity index (χ4v) is 0.614. The zero-order valence-corrected chi connectivity index (χ0v) is 5.84. The lowest BCUT2D eigenvalue weighted by molar-refractivity contribution is -0.242. The van der Waals surface area contributed by atoms with Crippen molar-refractivity contribution in [2.75, 3.05) is 6.61 Å². The summed E-state index contributed by atoms with van der Waals surface area (Å²) in [6.07, 6.45) is 2.76. The van der Waals surface area contributed by atoms with Crippen LogP contribution in [0, 0.1) is 0 Å². The molecule has 0 aromatic carbocycles. The standard InChI is InChI=1S/C6H15NO2/c1-2-6(7)4-3-5-9-8/h6,8H,2-5,7H2,1H3. The van der Waals surface area contributed by atoms with Crippen LogP contribution >= 0.6 is 0 Å². The molecule has 0 fully saturated rings. The Kier molecular flexibility index (Phi) is 5.93. The van der Waals surface area contributed by atoms with Gasteiger partial charge < -0.3 is 5.73 Å². The van der Waals surface area contributed by atoms with E-state index in [1.165, 1.54) is 0 Å². The summed E-state index contributed by atoms with van der Waals surface area (Å²) >= 11 is 0. The smallest absolute Gasteiger partial charge is 0.0820 e. The van der Waals surface area contributed by atoms with Crippen molar-refractivity contribution in [2.45, 2.75) is 32.2 Å². The minimum atomic E-state index is 0.264. The van der Waals surface area contributed by atoms with E-state index in [9.17, 15) is 0 Å². The first-order chi connectivity index (χ1) is 4.31. The normalized spacial score (nSPS) is 13.7. The molecule has 0 spiro atoms. The van der Waals surface area contributed by atoms with E-state index in [0.29, 0.717) is 6.61 Å². The van der Waals surface area contributed by atoms with Gasteiger partial charge in [-0.15, -0.1) is 0 Å². The largest absolute Gasteiger partial charge is 0.328 e. The fraction of sp³-hybridized carbons (Fsp3) is 1.00.